The molecule has 0 aliphatic carbocycles. The Hall–Kier alpha value is -2.03. The first-order valence-electron chi connectivity index (χ1n) is 5.84. The summed E-state index contributed by atoms with van der Waals surface area (Å²) in [7, 11) is 0. The number of ether oxygens (including phenoxy) is 1. The molecule has 0 atom stereocenters. The molecule has 0 spiro atoms. The Morgan fingerprint density at radius 1 is 1.21 bits per heavy atom. The molecule has 0 amide bonds. The number of hydrazone groups is 1. The zero-order valence-corrected chi connectivity index (χ0v) is 12.9. The second-order valence-corrected chi connectivity index (χ2v) is 5.06. The maximum atomic E-state index is 13.0. The number of benzene rings is 1. The molecule has 1 N–H and O–H groups in total. The maximum Gasteiger partial charge on any atom is 0.462 e. The largest absolute Gasteiger partial charge is 0.478 e. The van der Waals surface area contributed by atoms with E-state index in [1.165, 1.54) is 18.2 Å². The van der Waals surface area contributed by atoms with E-state index in [2.05, 4.69) is 21.0 Å². The van der Waals surface area contributed by atoms with Crippen molar-refractivity contribution in [1.29, 1.82) is 5.26 Å². The van der Waals surface area contributed by atoms with E-state index in [-0.39, 0.29) is 11.3 Å². The van der Waals surface area contributed by atoms with Crippen molar-refractivity contribution in [1.82, 2.24) is 5.43 Å². The monoisotopic (exact) mass is 421 g/mol. The van der Waals surface area contributed by atoms with E-state index in [1.807, 2.05) is 0 Å². The summed E-state index contributed by atoms with van der Waals surface area (Å²) in [4.78, 5) is 0. The number of hydrogen-bond donors (Lipinski definition) is 1. The molecular formula is C12H7BrF7N3O. The number of nitrogens with zero attached hydrogens (tertiary/aromatic N) is 2. The van der Waals surface area contributed by atoms with Gasteiger partial charge in [-0.2, -0.15) is 41.1 Å². The van der Waals surface area contributed by atoms with Gasteiger partial charge in [-0.3, -0.25) is 0 Å². The molecule has 132 valence electrons. The predicted molar refractivity (Wildman–Crippen MR) is 71.9 cm³/mol. The lowest BCUT2D eigenvalue weighted by atomic mass is 10.2. The van der Waals surface area contributed by atoms with Gasteiger partial charge in [0.05, 0.1) is 6.21 Å². The Morgan fingerprint density at radius 3 is 2.38 bits per heavy atom. The highest BCUT2D eigenvalue weighted by Crippen LogP contribution is 2.45. The van der Waals surface area contributed by atoms with Gasteiger partial charge in [0.15, 0.2) is 6.61 Å². The summed E-state index contributed by atoms with van der Waals surface area (Å²) in [6.45, 7) is -0.405. The van der Waals surface area contributed by atoms with Gasteiger partial charge in [-0.25, -0.2) is 5.43 Å². The Bertz CT molecular complexity index is 655. The number of nitrogens with one attached hydrogen (secondary N) is 1. The number of alkyl halides is 7. The summed E-state index contributed by atoms with van der Waals surface area (Å²) in [6.07, 6.45) is -5.91. The van der Waals surface area contributed by atoms with Crippen molar-refractivity contribution < 1.29 is 35.5 Å². The molecule has 0 heterocycles. The average molecular weight is 422 g/mol. The Kier molecular flexibility index (Phi) is 6.04. The summed E-state index contributed by atoms with van der Waals surface area (Å²) in [5, 5.41) is 11.1. The fourth-order valence-corrected chi connectivity index (χ4v) is 1.67. The first-order valence-corrected chi connectivity index (χ1v) is 6.63. The van der Waals surface area contributed by atoms with Crippen LogP contribution in [0.3, 0.4) is 0 Å². The van der Waals surface area contributed by atoms with Crippen LogP contribution in [0.1, 0.15) is 5.56 Å². The van der Waals surface area contributed by atoms with Gasteiger partial charge in [0.25, 0.3) is 0 Å². The lowest BCUT2D eigenvalue weighted by molar-refractivity contribution is -0.361. The van der Waals surface area contributed by atoms with E-state index in [0.717, 1.165) is 0 Å². The number of nitriles is 1. The van der Waals surface area contributed by atoms with Gasteiger partial charge in [-0.15, -0.1) is 0 Å². The van der Waals surface area contributed by atoms with Crippen LogP contribution in [0, 0.1) is 11.3 Å². The fourth-order valence-electron chi connectivity index (χ4n) is 1.29. The molecule has 0 aliphatic heterocycles. The molecule has 24 heavy (non-hydrogen) atoms. The predicted octanol–water partition coefficient (Wildman–Crippen LogP) is 4.07. The molecule has 1 aromatic rings. The number of halogens is 8. The lowest BCUT2D eigenvalue weighted by Crippen LogP contribution is -2.58. The van der Waals surface area contributed by atoms with E-state index in [9.17, 15) is 30.7 Å². The summed E-state index contributed by atoms with van der Waals surface area (Å²) in [5.74, 6) is -6.34. The molecule has 0 saturated heterocycles. The van der Waals surface area contributed by atoms with Crippen molar-refractivity contribution in [3.8, 4) is 11.8 Å². The SMILES string of the molecule is N#CCOc1ccc(Br)cc1/C=N/NC(F)(F)C(F)(F)C(F)(F)F. The summed E-state index contributed by atoms with van der Waals surface area (Å²) < 4.78 is 92.6. The van der Waals surface area contributed by atoms with Gasteiger partial charge in [-0.1, -0.05) is 15.9 Å². The van der Waals surface area contributed by atoms with Crippen molar-refractivity contribution >= 4 is 22.1 Å². The molecule has 0 fully saturated rings. The van der Waals surface area contributed by atoms with Crippen molar-refractivity contribution in [3.63, 3.8) is 0 Å². The second-order valence-electron chi connectivity index (χ2n) is 4.15. The molecule has 0 radical (unpaired) electrons. The van der Waals surface area contributed by atoms with Crippen molar-refractivity contribution in [3.05, 3.63) is 28.2 Å². The molecule has 1 rings (SSSR count). The Morgan fingerprint density at radius 2 is 1.83 bits per heavy atom. The van der Waals surface area contributed by atoms with E-state index in [0.29, 0.717) is 16.1 Å². The van der Waals surface area contributed by atoms with Crippen LogP contribution in [-0.2, 0) is 0 Å². The van der Waals surface area contributed by atoms with Crippen LogP contribution in [0.5, 0.6) is 5.75 Å². The average Bonchev–Trinajstić information content (AvgIpc) is 2.45. The van der Waals surface area contributed by atoms with Crippen LogP contribution in [-0.4, -0.2) is 31.0 Å². The first-order chi connectivity index (χ1) is 10.9. The Balaban J connectivity index is 2.98. The molecule has 0 bridgehead atoms. The molecule has 0 aromatic heterocycles. The van der Waals surface area contributed by atoms with Crippen LogP contribution < -0.4 is 10.2 Å². The third-order valence-corrected chi connectivity index (χ3v) is 2.92. The highest BCUT2D eigenvalue weighted by molar-refractivity contribution is 9.10. The Labute approximate surface area is 139 Å². The summed E-state index contributed by atoms with van der Waals surface area (Å²) in [5.41, 5.74) is 0.444. The molecular weight excluding hydrogens is 415 g/mol. The van der Waals surface area contributed by atoms with Crippen molar-refractivity contribution in [2.75, 3.05) is 6.61 Å². The zero-order valence-electron chi connectivity index (χ0n) is 11.3. The van der Waals surface area contributed by atoms with E-state index < -0.39 is 24.8 Å². The summed E-state index contributed by atoms with van der Waals surface area (Å²) >= 11 is 3.03. The van der Waals surface area contributed by atoms with Gasteiger partial charge >= 0.3 is 18.1 Å². The minimum atomic E-state index is -6.46. The van der Waals surface area contributed by atoms with Crippen molar-refractivity contribution in [2.45, 2.75) is 18.1 Å². The van der Waals surface area contributed by atoms with Crippen LogP contribution in [0.25, 0.3) is 0 Å². The van der Waals surface area contributed by atoms with Crippen LogP contribution in [0.15, 0.2) is 27.8 Å². The van der Waals surface area contributed by atoms with E-state index >= 15 is 0 Å². The van der Waals surface area contributed by atoms with Gasteiger partial charge < -0.3 is 4.74 Å². The third kappa shape index (κ3) is 4.50. The molecule has 1 aromatic carbocycles. The number of hydrogen-bond acceptors (Lipinski definition) is 4. The topological polar surface area (TPSA) is 57.4 Å². The minimum Gasteiger partial charge on any atom is -0.478 e. The molecule has 12 heteroatoms. The van der Waals surface area contributed by atoms with E-state index in [4.69, 9.17) is 10.00 Å². The third-order valence-electron chi connectivity index (χ3n) is 2.42. The van der Waals surface area contributed by atoms with Gasteiger partial charge in [-0.05, 0) is 18.2 Å². The highest BCUT2D eigenvalue weighted by atomic mass is 79.9. The molecule has 0 unspecified atom stereocenters. The lowest BCUT2D eigenvalue weighted by Gasteiger charge is -2.27. The first kappa shape index (κ1) is 20.0. The van der Waals surface area contributed by atoms with Crippen LogP contribution >= 0.6 is 15.9 Å². The normalized spacial score (nSPS) is 13.0. The standard InChI is InChI=1S/C12H7BrF7N3O/c13-8-1-2-9(24-4-3-21)7(5-8)6-22-23-12(19,20)10(14,15)11(16,17)18/h1-2,5-6,23H,4H2/b22-6+. The van der Waals surface area contributed by atoms with Crippen LogP contribution in [0.4, 0.5) is 30.7 Å². The maximum absolute atomic E-state index is 13.0. The second kappa shape index (κ2) is 7.25. The zero-order chi connectivity index (χ0) is 18.6. The van der Waals surface area contributed by atoms with Crippen molar-refractivity contribution in [2.24, 2.45) is 5.10 Å². The number of rotatable bonds is 6. The highest BCUT2D eigenvalue weighted by Gasteiger charge is 2.73. The molecule has 0 saturated carbocycles. The smallest absolute Gasteiger partial charge is 0.462 e. The van der Waals surface area contributed by atoms with Gasteiger partial charge in [0, 0.05) is 10.0 Å². The fraction of sp³-hybridized carbons (Fsp3) is 0.333. The molecule has 0 aliphatic rings. The van der Waals surface area contributed by atoms with Gasteiger partial charge in [0.1, 0.15) is 11.8 Å². The quantitative estimate of drug-likeness (QED) is 0.326. The van der Waals surface area contributed by atoms with Crippen LogP contribution in [0.2, 0.25) is 0 Å². The molecule has 4 nitrogen and oxygen atoms in total. The van der Waals surface area contributed by atoms with Gasteiger partial charge in [0.2, 0.25) is 0 Å². The minimum absolute atomic E-state index is 0.0174. The summed E-state index contributed by atoms with van der Waals surface area (Å²) in [6, 6.07) is 0.00617. The van der Waals surface area contributed by atoms with E-state index in [1.54, 1.807) is 6.07 Å².